The number of hydrogen-bond acceptors (Lipinski definition) is 4. The Morgan fingerprint density at radius 1 is 1.33 bits per heavy atom. The molecule has 0 aliphatic heterocycles. The summed E-state index contributed by atoms with van der Waals surface area (Å²) in [7, 11) is -3.65. The Bertz CT molecular complexity index is 577. The lowest BCUT2D eigenvalue weighted by Gasteiger charge is -2.27. The van der Waals surface area contributed by atoms with E-state index in [9.17, 15) is 8.42 Å². The summed E-state index contributed by atoms with van der Waals surface area (Å²) in [5, 5.41) is 0. The van der Waals surface area contributed by atoms with Crippen LogP contribution in [0.4, 0.5) is 5.69 Å². The van der Waals surface area contributed by atoms with Gasteiger partial charge in [0.25, 0.3) is 0 Å². The van der Waals surface area contributed by atoms with Crippen LogP contribution in [0.5, 0.6) is 5.75 Å². The van der Waals surface area contributed by atoms with Gasteiger partial charge in [-0.05, 0) is 36.5 Å². The standard InChI is InChI=1S/C15H26N2O3S/c1-6-20-13-8-7-12(16)9-14(13)21(18,19)17-10-11(2)15(3,4)5/h7-9,11,17H,6,10,16H2,1-5H3. The molecular formula is C15H26N2O3S. The molecule has 1 rings (SSSR count). The fraction of sp³-hybridized carbons (Fsp3) is 0.600. The molecule has 21 heavy (non-hydrogen) atoms. The molecule has 0 amide bonds. The number of hydrogen-bond donors (Lipinski definition) is 2. The van der Waals surface area contributed by atoms with Crippen molar-refractivity contribution in [3.05, 3.63) is 18.2 Å². The van der Waals surface area contributed by atoms with Gasteiger partial charge in [-0.15, -0.1) is 0 Å². The highest BCUT2D eigenvalue weighted by Gasteiger charge is 2.24. The molecule has 1 aromatic rings. The van der Waals surface area contributed by atoms with E-state index < -0.39 is 10.0 Å². The first-order chi connectivity index (χ1) is 9.58. The summed E-state index contributed by atoms with van der Waals surface area (Å²) >= 11 is 0. The van der Waals surface area contributed by atoms with Crippen molar-refractivity contribution in [3.8, 4) is 5.75 Å². The third-order valence-corrected chi connectivity index (χ3v) is 5.06. The molecule has 0 spiro atoms. The second-order valence-electron chi connectivity index (χ2n) is 6.26. The van der Waals surface area contributed by atoms with Gasteiger partial charge in [-0.25, -0.2) is 13.1 Å². The molecule has 0 saturated heterocycles. The van der Waals surface area contributed by atoms with Gasteiger partial charge in [-0.2, -0.15) is 0 Å². The van der Waals surface area contributed by atoms with Crippen molar-refractivity contribution in [1.29, 1.82) is 0 Å². The van der Waals surface area contributed by atoms with Gasteiger partial charge in [0.05, 0.1) is 6.61 Å². The monoisotopic (exact) mass is 314 g/mol. The van der Waals surface area contributed by atoms with Crippen LogP contribution in [0.2, 0.25) is 0 Å². The number of ether oxygens (including phenoxy) is 1. The van der Waals surface area contributed by atoms with E-state index in [2.05, 4.69) is 25.5 Å². The molecule has 0 aliphatic carbocycles. The van der Waals surface area contributed by atoms with E-state index >= 15 is 0 Å². The van der Waals surface area contributed by atoms with Crippen LogP contribution in [0.25, 0.3) is 0 Å². The minimum absolute atomic E-state index is 0.0288. The van der Waals surface area contributed by atoms with Crippen molar-refractivity contribution in [2.24, 2.45) is 11.3 Å². The molecule has 0 radical (unpaired) electrons. The Balaban J connectivity index is 3.00. The fourth-order valence-electron chi connectivity index (χ4n) is 1.63. The summed E-state index contributed by atoms with van der Waals surface area (Å²) < 4.78 is 33.0. The quantitative estimate of drug-likeness (QED) is 0.791. The van der Waals surface area contributed by atoms with Crippen molar-refractivity contribution < 1.29 is 13.2 Å². The molecule has 120 valence electrons. The predicted molar refractivity (Wildman–Crippen MR) is 85.8 cm³/mol. The van der Waals surface area contributed by atoms with E-state index in [1.807, 2.05) is 13.8 Å². The van der Waals surface area contributed by atoms with Gasteiger partial charge in [-0.1, -0.05) is 27.7 Å². The van der Waals surface area contributed by atoms with Crippen molar-refractivity contribution in [2.45, 2.75) is 39.5 Å². The Hall–Kier alpha value is -1.27. The lowest BCUT2D eigenvalue weighted by molar-refractivity contribution is 0.263. The summed E-state index contributed by atoms with van der Waals surface area (Å²) in [6.45, 7) is 10.8. The maximum absolute atomic E-state index is 12.5. The summed E-state index contributed by atoms with van der Waals surface area (Å²) in [5.41, 5.74) is 6.12. The van der Waals surface area contributed by atoms with Crippen molar-refractivity contribution in [1.82, 2.24) is 4.72 Å². The van der Waals surface area contributed by atoms with Crippen LogP contribution < -0.4 is 15.2 Å². The Kier molecular flexibility index (Phi) is 5.64. The van der Waals surface area contributed by atoms with Crippen LogP contribution in [0, 0.1) is 11.3 Å². The molecule has 0 aromatic heterocycles. The molecular weight excluding hydrogens is 288 g/mol. The molecule has 0 fully saturated rings. The Labute approximate surface area is 127 Å². The number of nitrogen functional groups attached to an aromatic ring is 1. The summed E-state index contributed by atoms with van der Waals surface area (Å²) in [6, 6.07) is 4.64. The van der Waals surface area contributed by atoms with E-state index in [0.29, 0.717) is 24.6 Å². The van der Waals surface area contributed by atoms with Gasteiger partial charge in [0.2, 0.25) is 10.0 Å². The van der Waals surface area contributed by atoms with Crippen LogP contribution in [0.15, 0.2) is 23.1 Å². The third-order valence-electron chi connectivity index (χ3n) is 3.62. The van der Waals surface area contributed by atoms with Crippen molar-refractivity contribution >= 4 is 15.7 Å². The third kappa shape index (κ3) is 4.89. The minimum Gasteiger partial charge on any atom is -0.492 e. The zero-order chi connectivity index (χ0) is 16.3. The van der Waals surface area contributed by atoms with E-state index in [1.165, 1.54) is 6.07 Å². The largest absolute Gasteiger partial charge is 0.492 e. The van der Waals surface area contributed by atoms with Gasteiger partial charge in [-0.3, -0.25) is 0 Å². The average Bonchev–Trinajstić information content (AvgIpc) is 2.37. The van der Waals surface area contributed by atoms with Crippen molar-refractivity contribution in [2.75, 3.05) is 18.9 Å². The number of anilines is 1. The number of nitrogens with one attached hydrogen (secondary N) is 1. The SMILES string of the molecule is CCOc1ccc(N)cc1S(=O)(=O)NCC(C)C(C)(C)C. The van der Waals surface area contributed by atoms with Gasteiger partial charge >= 0.3 is 0 Å². The van der Waals surface area contributed by atoms with E-state index in [4.69, 9.17) is 10.5 Å². The first kappa shape index (κ1) is 17.8. The summed E-state index contributed by atoms with van der Waals surface area (Å²) in [4.78, 5) is 0.0884. The molecule has 1 aromatic carbocycles. The molecule has 6 heteroatoms. The highest BCUT2D eigenvalue weighted by atomic mass is 32.2. The number of rotatable bonds is 6. The summed E-state index contributed by atoms with van der Waals surface area (Å²) in [6.07, 6.45) is 0. The first-order valence-corrected chi connectivity index (χ1v) is 8.58. The molecule has 0 saturated carbocycles. The Morgan fingerprint density at radius 3 is 2.48 bits per heavy atom. The first-order valence-electron chi connectivity index (χ1n) is 7.10. The fourth-order valence-corrected chi connectivity index (χ4v) is 2.94. The molecule has 1 unspecified atom stereocenters. The van der Waals surface area contributed by atoms with Gasteiger partial charge in [0, 0.05) is 12.2 Å². The molecule has 3 N–H and O–H groups in total. The maximum Gasteiger partial charge on any atom is 0.244 e. The Morgan fingerprint density at radius 2 is 1.95 bits per heavy atom. The van der Waals surface area contributed by atoms with Crippen LogP contribution in [-0.4, -0.2) is 21.6 Å². The van der Waals surface area contributed by atoms with Crippen LogP contribution in [0.3, 0.4) is 0 Å². The lowest BCUT2D eigenvalue weighted by Crippen LogP contribution is -2.33. The van der Waals surface area contributed by atoms with Crippen LogP contribution in [0.1, 0.15) is 34.6 Å². The zero-order valence-corrected chi connectivity index (χ0v) is 14.3. The highest BCUT2D eigenvalue weighted by molar-refractivity contribution is 7.89. The van der Waals surface area contributed by atoms with Crippen LogP contribution >= 0.6 is 0 Å². The molecule has 1 atom stereocenters. The topological polar surface area (TPSA) is 81.4 Å². The second kappa shape index (κ2) is 6.66. The molecule has 5 nitrogen and oxygen atoms in total. The highest BCUT2D eigenvalue weighted by Crippen LogP contribution is 2.28. The van der Waals surface area contributed by atoms with E-state index in [1.54, 1.807) is 12.1 Å². The van der Waals surface area contributed by atoms with Gasteiger partial charge < -0.3 is 10.5 Å². The number of nitrogens with two attached hydrogens (primary N) is 1. The lowest BCUT2D eigenvalue weighted by atomic mass is 9.82. The maximum atomic E-state index is 12.5. The van der Waals surface area contributed by atoms with E-state index in [0.717, 1.165) is 0 Å². The second-order valence-corrected chi connectivity index (χ2v) is 7.99. The number of sulfonamides is 1. The van der Waals surface area contributed by atoms with E-state index in [-0.39, 0.29) is 16.2 Å². The average molecular weight is 314 g/mol. The summed E-state index contributed by atoms with van der Waals surface area (Å²) in [5.74, 6) is 0.520. The predicted octanol–water partition coefficient (Wildman–Crippen LogP) is 2.63. The minimum atomic E-state index is -3.65. The number of benzene rings is 1. The van der Waals surface area contributed by atoms with Crippen molar-refractivity contribution in [3.63, 3.8) is 0 Å². The molecule has 0 aliphatic rings. The molecule has 0 bridgehead atoms. The van der Waals surface area contributed by atoms with Crippen LogP contribution in [-0.2, 0) is 10.0 Å². The smallest absolute Gasteiger partial charge is 0.244 e. The molecule has 0 heterocycles. The van der Waals surface area contributed by atoms with Gasteiger partial charge in [0.1, 0.15) is 10.6 Å². The normalized spacial score (nSPS) is 14.0. The zero-order valence-electron chi connectivity index (χ0n) is 13.4. The van der Waals surface area contributed by atoms with Gasteiger partial charge in [0.15, 0.2) is 0 Å².